The van der Waals surface area contributed by atoms with Gasteiger partial charge >= 0.3 is 0 Å². The molecule has 0 spiro atoms. The van der Waals surface area contributed by atoms with Crippen LogP contribution in [0.4, 0.5) is 0 Å². The van der Waals surface area contributed by atoms with Crippen LogP contribution in [0.25, 0.3) is 0 Å². The quantitative estimate of drug-likeness (QED) is 0.809. The predicted octanol–water partition coefficient (Wildman–Crippen LogP) is 3.17. The smallest absolute Gasteiger partial charge is 0.127 e. The Morgan fingerprint density at radius 3 is 2.62 bits per heavy atom. The summed E-state index contributed by atoms with van der Waals surface area (Å²) in [7, 11) is 1.92. The van der Waals surface area contributed by atoms with Gasteiger partial charge in [-0.3, -0.25) is 4.98 Å². The molecule has 4 heteroatoms. The highest BCUT2D eigenvalue weighted by atomic mass is 16.5. The van der Waals surface area contributed by atoms with Gasteiger partial charge in [-0.05, 0) is 37.2 Å². The van der Waals surface area contributed by atoms with E-state index < -0.39 is 0 Å². The topological polar surface area (TPSA) is 43.4 Å². The highest BCUT2D eigenvalue weighted by molar-refractivity contribution is 5.41. The minimum absolute atomic E-state index is 0.524. The molecule has 4 nitrogen and oxygen atoms in total. The molecule has 2 rings (SSSR count). The molecule has 1 aromatic heterocycles. The number of rotatable bonds is 8. The van der Waals surface area contributed by atoms with Crippen LogP contribution in [-0.4, -0.2) is 18.6 Å². The van der Waals surface area contributed by atoms with Gasteiger partial charge in [-0.25, -0.2) is 0 Å². The fourth-order valence-electron chi connectivity index (χ4n) is 1.96. The molecule has 1 heterocycles. The van der Waals surface area contributed by atoms with Crippen LogP contribution in [-0.2, 0) is 13.2 Å². The highest BCUT2D eigenvalue weighted by Gasteiger charge is 2.06. The standard InChI is InChI=1S/C17H22N2O2/c1-3-10-20-16-5-4-15(12-18-2)17(11-16)21-13-14-6-8-19-9-7-14/h4-9,11,18H,3,10,12-13H2,1-2H3. The lowest BCUT2D eigenvalue weighted by Crippen LogP contribution is -2.08. The molecule has 0 fully saturated rings. The summed E-state index contributed by atoms with van der Waals surface area (Å²) >= 11 is 0. The van der Waals surface area contributed by atoms with Gasteiger partial charge in [0.1, 0.15) is 18.1 Å². The zero-order chi connectivity index (χ0) is 14.9. The zero-order valence-corrected chi connectivity index (χ0v) is 12.6. The van der Waals surface area contributed by atoms with E-state index in [2.05, 4.69) is 17.2 Å². The molecule has 0 unspecified atom stereocenters. The van der Waals surface area contributed by atoms with E-state index in [1.165, 1.54) is 0 Å². The van der Waals surface area contributed by atoms with Crippen LogP contribution in [0.15, 0.2) is 42.7 Å². The summed E-state index contributed by atoms with van der Waals surface area (Å²) < 4.78 is 11.6. The van der Waals surface area contributed by atoms with Crippen LogP contribution in [0, 0.1) is 0 Å². The Kier molecular flexibility index (Phi) is 6.03. The number of hydrogen-bond acceptors (Lipinski definition) is 4. The Balaban J connectivity index is 2.09. The minimum atomic E-state index is 0.524. The summed E-state index contributed by atoms with van der Waals surface area (Å²) in [5, 5.41) is 3.15. The number of nitrogens with zero attached hydrogens (tertiary/aromatic N) is 1. The number of hydrogen-bond donors (Lipinski definition) is 1. The molecule has 0 amide bonds. The normalized spacial score (nSPS) is 10.4. The van der Waals surface area contributed by atoms with E-state index in [1.54, 1.807) is 12.4 Å². The second-order valence-electron chi connectivity index (χ2n) is 4.79. The molecule has 0 aliphatic heterocycles. The predicted molar refractivity (Wildman–Crippen MR) is 83.6 cm³/mol. The summed E-state index contributed by atoms with van der Waals surface area (Å²) in [6, 6.07) is 9.90. The molecule has 112 valence electrons. The highest BCUT2D eigenvalue weighted by Crippen LogP contribution is 2.26. The van der Waals surface area contributed by atoms with E-state index in [-0.39, 0.29) is 0 Å². The van der Waals surface area contributed by atoms with Gasteiger partial charge in [0, 0.05) is 30.6 Å². The van der Waals surface area contributed by atoms with Gasteiger partial charge in [0.05, 0.1) is 6.61 Å². The Morgan fingerprint density at radius 1 is 1.10 bits per heavy atom. The molecule has 0 saturated carbocycles. The third kappa shape index (κ3) is 4.76. The Bertz CT molecular complexity index is 544. The largest absolute Gasteiger partial charge is 0.493 e. The molecule has 1 aromatic carbocycles. The third-order valence-corrected chi connectivity index (χ3v) is 3.02. The van der Waals surface area contributed by atoms with Crippen molar-refractivity contribution >= 4 is 0 Å². The van der Waals surface area contributed by atoms with Crippen LogP contribution < -0.4 is 14.8 Å². The van der Waals surface area contributed by atoms with Crippen molar-refractivity contribution in [2.75, 3.05) is 13.7 Å². The van der Waals surface area contributed by atoms with Crippen LogP contribution in [0.3, 0.4) is 0 Å². The van der Waals surface area contributed by atoms with Crippen LogP contribution >= 0.6 is 0 Å². The second-order valence-corrected chi connectivity index (χ2v) is 4.79. The first-order chi connectivity index (χ1) is 10.3. The first-order valence-corrected chi connectivity index (χ1v) is 7.25. The van der Waals surface area contributed by atoms with Gasteiger partial charge in [0.25, 0.3) is 0 Å². The molecular formula is C17H22N2O2. The number of pyridine rings is 1. The molecule has 1 N–H and O–H groups in total. The maximum absolute atomic E-state index is 5.95. The summed E-state index contributed by atoms with van der Waals surface area (Å²) in [6.07, 6.45) is 4.54. The molecule has 0 bridgehead atoms. The van der Waals surface area contributed by atoms with E-state index in [0.717, 1.165) is 42.2 Å². The molecular weight excluding hydrogens is 264 g/mol. The van der Waals surface area contributed by atoms with E-state index in [4.69, 9.17) is 9.47 Å². The number of aromatic nitrogens is 1. The molecule has 2 aromatic rings. The SMILES string of the molecule is CCCOc1ccc(CNC)c(OCc2ccncc2)c1. The molecule has 0 radical (unpaired) electrons. The maximum atomic E-state index is 5.95. The fraction of sp³-hybridized carbons (Fsp3) is 0.353. The summed E-state index contributed by atoms with van der Waals surface area (Å²) in [5.74, 6) is 1.70. The molecule has 0 aliphatic carbocycles. The van der Waals surface area contributed by atoms with Crippen molar-refractivity contribution in [3.8, 4) is 11.5 Å². The van der Waals surface area contributed by atoms with Gasteiger partial charge in [-0.2, -0.15) is 0 Å². The number of nitrogens with one attached hydrogen (secondary N) is 1. The van der Waals surface area contributed by atoms with Crippen LogP contribution in [0.2, 0.25) is 0 Å². The average molecular weight is 286 g/mol. The van der Waals surface area contributed by atoms with Gasteiger partial charge in [0.15, 0.2) is 0 Å². The number of ether oxygens (including phenoxy) is 2. The Labute approximate surface area is 126 Å². The molecule has 0 aliphatic rings. The van der Waals surface area contributed by atoms with Crippen molar-refractivity contribution in [3.05, 3.63) is 53.9 Å². The minimum Gasteiger partial charge on any atom is -0.493 e. The van der Waals surface area contributed by atoms with E-state index in [0.29, 0.717) is 6.61 Å². The van der Waals surface area contributed by atoms with Crippen molar-refractivity contribution in [2.24, 2.45) is 0 Å². The Morgan fingerprint density at radius 2 is 1.90 bits per heavy atom. The zero-order valence-electron chi connectivity index (χ0n) is 12.6. The second kappa shape index (κ2) is 8.27. The summed E-state index contributed by atoms with van der Waals surface area (Å²) in [6.45, 7) is 4.10. The molecule has 21 heavy (non-hydrogen) atoms. The van der Waals surface area contributed by atoms with E-state index in [9.17, 15) is 0 Å². The number of benzene rings is 1. The lowest BCUT2D eigenvalue weighted by Gasteiger charge is -2.14. The fourth-order valence-corrected chi connectivity index (χ4v) is 1.96. The monoisotopic (exact) mass is 286 g/mol. The summed E-state index contributed by atoms with van der Waals surface area (Å²) in [5.41, 5.74) is 2.22. The summed E-state index contributed by atoms with van der Waals surface area (Å²) in [4.78, 5) is 4.01. The third-order valence-electron chi connectivity index (χ3n) is 3.02. The Hall–Kier alpha value is -2.07. The van der Waals surface area contributed by atoms with Gasteiger partial charge < -0.3 is 14.8 Å². The molecule has 0 atom stereocenters. The van der Waals surface area contributed by atoms with Crippen molar-refractivity contribution in [2.45, 2.75) is 26.5 Å². The van der Waals surface area contributed by atoms with E-state index >= 15 is 0 Å². The lowest BCUT2D eigenvalue weighted by atomic mass is 10.2. The maximum Gasteiger partial charge on any atom is 0.127 e. The van der Waals surface area contributed by atoms with Crippen molar-refractivity contribution < 1.29 is 9.47 Å². The van der Waals surface area contributed by atoms with Gasteiger partial charge in [-0.15, -0.1) is 0 Å². The van der Waals surface area contributed by atoms with Crippen molar-refractivity contribution in [1.82, 2.24) is 10.3 Å². The van der Waals surface area contributed by atoms with Crippen LogP contribution in [0.1, 0.15) is 24.5 Å². The lowest BCUT2D eigenvalue weighted by molar-refractivity contribution is 0.292. The van der Waals surface area contributed by atoms with Crippen molar-refractivity contribution in [3.63, 3.8) is 0 Å². The van der Waals surface area contributed by atoms with Crippen molar-refractivity contribution in [1.29, 1.82) is 0 Å². The average Bonchev–Trinajstić information content (AvgIpc) is 2.53. The van der Waals surface area contributed by atoms with E-state index in [1.807, 2.05) is 37.4 Å². The first-order valence-electron chi connectivity index (χ1n) is 7.25. The van der Waals surface area contributed by atoms with Gasteiger partial charge in [0.2, 0.25) is 0 Å². The molecule has 0 saturated heterocycles. The first kappa shape index (κ1) is 15.3. The van der Waals surface area contributed by atoms with Gasteiger partial charge in [-0.1, -0.05) is 13.0 Å². The van der Waals surface area contributed by atoms with Crippen LogP contribution in [0.5, 0.6) is 11.5 Å².